The van der Waals surface area contributed by atoms with Crippen LogP contribution in [0, 0.1) is 0 Å². The van der Waals surface area contributed by atoms with Crippen molar-refractivity contribution < 1.29 is 4.74 Å². The molecule has 0 saturated heterocycles. The average molecular weight is 294 g/mol. The maximum absolute atomic E-state index is 6.36. The SMILES string of the molecule is CNCCc1cc(N(C)C)c2c(Cl)ccc(OC)c2n1. The van der Waals surface area contributed by atoms with E-state index in [1.54, 1.807) is 7.11 Å². The summed E-state index contributed by atoms with van der Waals surface area (Å²) in [6.45, 7) is 0.883. The molecule has 0 bridgehead atoms. The Bertz CT molecular complexity index is 614. The first-order chi connectivity index (χ1) is 9.58. The number of ether oxygens (including phenoxy) is 1. The summed E-state index contributed by atoms with van der Waals surface area (Å²) in [6, 6.07) is 5.80. The molecule has 0 radical (unpaired) electrons. The van der Waals surface area contributed by atoms with Crippen molar-refractivity contribution in [2.24, 2.45) is 0 Å². The van der Waals surface area contributed by atoms with Crippen LogP contribution in [-0.2, 0) is 6.42 Å². The summed E-state index contributed by atoms with van der Waals surface area (Å²) in [6.07, 6.45) is 0.864. The van der Waals surface area contributed by atoms with E-state index in [0.717, 1.165) is 41.0 Å². The molecule has 1 N–H and O–H groups in total. The van der Waals surface area contributed by atoms with Gasteiger partial charge in [0.1, 0.15) is 11.3 Å². The van der Waals surface area contributed by atoms with Gasteiger partial charge in [0, 0.05) is 43.8 Å². The number of fused-ring (bicyclic) bond motifs is 1. The number of nitrogens with one attached hydrogen (secondary N) is 1. The standard InChI is InChI=1S/C15H20ClN3O/c1-17-8-7-10-9-12(19(2)3)14-11(16)5-6-13(20-4)15(14)18-10/h5-6,9,17H,7-8H2,1-4H3. The number of nitrogens with zero attached hydrogens (tertiary/aromatic N) is 2. The fourth-order valence-corrected chi connectivity index (χ4v) is 2.46. The van der Waals surface area contributed by atoms with Gasteiger partial charge in [-0.2, -0.15) is 0 Å². The highest BCUT2D eigenvalue weighted by Crippen LogP contribution is 2.36. The lowest BCUT2D eigenvalue weighted by molar-refractivity contribution is 0.419. The Morgan fingerprint density at radius 1 is 1.35 bits per heavy atom. The van der Waals surface area contributed by atoms with Gasteiger partial charge < -0.3 is 15.0 Å². The fraction of sp³-hybridized carbons (Fsp3) is 0.400. The maximum atomic E-state index is 6.36. The molecule has 0 amide bonds. The molecule has 0 spiro atoms. The van der Waals surface area contributed by atoms with Gasteiger partial charge in [-0.15, -0.1) is 0 Å². The van der Waals surface area contributed by atoms with Crippen molar-refractivity contribution in [1.82, 2.24) is 10.3 Å². The number of hydrogen-bond donors (Lipinski definition) is 1. The Morgan fingerprint density at radius 3 is 2.70 bits per heavy atom. The van der Waals surface area contributed by atoms with E-state index in [-0.39, 0.29) is 0 Å². The third-order valence-electron chi connectivity index (χ3n) is 3.24. The summed E-state index contributed by atoms with van der Waals surface area (Å²) in [7, 11) is 7.60. The lowest BCUT2D eigenvalue weighted by Gasteiger charge is -2.19. The topological polar surface area (TPSA) is 37.4 Å². The molecule has 5 heteroatoms. The number of likely N-dealkylation sites (N-methyl/N-ethyl adjacent to an activating group) is 1. The summed E-state index contributed by atoms with van der Waals surface area (Å²) >= 11 is 6.36. The minimum atomic E-state index is 0.692. The highest BCUT2D eigenvalue weighted by molar-refractivity contribution is 6.36. The van der Waals surface area contributed by atoms with Crippen molar-refractivity contribution in [2.45, 2.75) is 6.42 Å². The van der Waals surface area contributed by atoms with Gasteiger partial charge in [-0.25, -0.2) is 4.98 Å². The number of rotatable bonds is 5. The largest absolute Gasteiger partial charge is 0.494 e. The Hall–Kier alpha value is -1.52. The van der Waals surface area contributed by atoms with Crippen LogP contribution in [-0.4, -0.2) is 39.8 Å². The zero-order chi connectivity index (χ0) is 14.7. The van der Waals surface area contributed by atoms with Gasteiger partial charge in [0.25, 0.3) is 0 Å². The smallest absolute Gasteiger partial charge is 0.145 e. The van der Waals surface area contributed by atoms with E-state index in [2.05, 4.69) is 16.3 Å². The van der Waals surface area contributed by atoms with E-state index < -0.39 is 0 Å². The number of anilines is 1. The first-order valence-corrected chi connectivity index (χ1v) is 6.94. The van der Waals surface area contributed by atoms with Gasteiger partial charge >= 0.3 is 0 Å². The monoisotopic (exact) mass is 293 g/mol. The predicted octanol–water partition coefficient (Wildman–Crippen LogP) is 2.72. The van der Waals surface area contributed by atoms with E-state index in [9.17, 15) is 0 Å². The van der Waals surface area contributed by atoms with E-state index in [4.69, 9.17) is 21.3 Å². The van der Waals surface area contributed by atoms with Gasteiger partial charge in [0.2, 0.25) is 0 Å². The Kier molecular flexibility index (Phi) is 4.68. The molecule has 1 aromatic heterocycles. The molecule has 0 aliphatic rings. The second-order valence-electron chi connectivity index (χ2n) is 4.85. The molecule has 1 aromatic carbocycles. The number of benzene rings is 1. The third kappa shape index (κ3) is 2.81. The number of halogens is 1. The molecule has 0 unspecified atom stereocenters. The molecule has 0 saturated carbocycles. The van der Waals surface area contributed by atoms with E-state index in [0.29, 0.717) is 5.02 Å². The first-order valence-electron chi connectivity index (χ1n) is 6.56. The van der Waals surface area contributed by atoms with Crippen LogP contribution < -0.4 is 15.0 Å². The van der Waals surface area contributed by atoms with Gasteiger partial charge in [0.05, 0.1) is 12.1 Å². The minimum Gasteiger partial charge on any atom is -0.494 e. The lowest BCUT2D eigenvalue weighted by atomic mass is 10.1. The number of pyridine rings is 1. The molecule has 0 fully saturated rings. The summed E-state index contributed by atoms with van der Waals surface area (Å²) in [5, 5.41) is 4.77. The van der Waals surface area contributed by atoms with Crippen LogP contribution in [0.5, 0.6) is 5.75 Å². The second-order valence-corrected chi connectivity index (χ2v) is 5.26. The Balaban J connectivity index is 2.71. The molecular formula is C15H20ClN3O. The molecule has 2 rings (SSSR count). The average Bonchev–Trinajstić information content (AvgIpc) is 2.44. The summed E-state index contributed by atoms with van der Waals surface area (Å²) in [4.78, 5) is 6.77. The van der Waals surface area contributed by atoms with E-state index in [1.165, 1.54) is 0 Å². The van der Waals surface area contributed by atoms with E-state index in [1.807, 2.05) is 33.3 Å². The molecule has 1 heterocycles. The van der Waals surface area contributed by atoms with Crippen molar-refractivity contribution in [3.8, 4) is 5.75 Å². The van der Waals surface area contributed by atoms with Crippen LogP contribution in [0.2, 0.25) is 5.02 Å². The highest BCUT2D eigenvalue weighted by atomic mass is 35.5. The van der Waals surface area contributed by atoms with Crippen LogP contribution >= 0.6 is 11.6 Å². The van der Waals surface area contributed by atoms with Crippen LogP contribution in [0.4, 0.5) is 5.69 Å². The molecule has 20 heavy (non-hydrogen) atoms. The van der Waals surface area contributed by atoms with Gasteiger partial charge in [-0.1, -0.05) is 11.6 Å². The summed E-state index contributed by atoms with van der Waals surface area (Å²) in [5.74, 6) is 0.749. The van der Waals surface area contributed by atoms with Crippen LogP contribution in [0.3, 0.4) is 0 Å². The second kappa shape index (κ2) is 6.29. The van der Waals surface area contributed by atoms with Crippen molar-refractivity contribution in [2.75, 3.05) is 39.7 Å². The van der Waals surface area contributed by atoms with Crippen molar-refractivity contribution >= 4 is 28.2 Å². The fourth-order valence-electron chi connectivity index (χ4n) is 2.21. The summed E-state index contributed by atoms with van der Waals surface area (Å²) in [5.41, 5.74) is 2.90. The normalized spacial score (nSPS) is 10.8. The molecule has 0 aliphatic carbocycles. The third-order valence-corrected chi connectivity index (χ3v) is 3.55. The number of aromatic nitrogens is 1. The number of hydrogen-bond acceptors (Lipinski definition) is 4. The van der Waals surface area contributed by atoms with Crippen LogP contribution in [0.1, 0.15) is 5.69 Å². The van der Waals surface area contributed by atoms with Crippen molar-refractivity contribution in [3.63, 3.8) is 0 Å². The van der Waals surface area contributed by atoms with Gasteiger partial charge in [0.15, 0.2) is 0 Å². The molecule has 2 aromatic rings. The Labute approximate surface area is 124 Å². The van der Waals surface area contributed by atoms with Crippen molar-refractivity contribution in [3.05, 3.63) is 28.9 Å². The van der Waals surface area contributed by atoms with Gasteiger partial charge in [-0.3, -0.25) is 0 Å². The molecular weight excluding hydrogens is 274 g/mol. The quantitative estimate of drug-likeness (QED) is 0.920. The molecule has 4 nitrogen and oxygen atoms in total. The zero-order valence-electron chi connectivity index (χ0n) is 12.3. The summed E-state index contributed by atoms with van der Waals surface area (Å²) < 4.78 is 5.42. The molecule has 108 valence electrons. The molecule has 0 aliphatic heterocycles. The lowest BCUT2D eigenvalue weighted by Crippen LogP contribution is -2.14. The predicted molar refractivity (Wildman–Crippen MR) is 85.3 cm³/mol. The minimum absolute atomic E-state index is 0.692. The van der Waals surface area contributed by atoms with Crippen molar-refractivity contribution in [1.29, 1.82) is 0 Å². The van der Waals surface area contributed by atoms with Crippen LogP contribution in [0.25, 0.3) is 10.9 Å². The highest BCUT2D eigenvalue weighted by Gasteiger charge is 2.14. The zero-order valence-corrected chi connectivity index (χ0v) is 13.1. The van der Waals surface area contributed by atoms with E-state index >= 15 is 0 Å². The maximum Gasteiger partial charge on any atom is 0.145 e. The first kappa shape index (κ1) is 14.9. The molecule has 0 atom stereocenters. The van der Waals surface area contributed by atoms with Crippen LogP contribution in [0.15, 0.2) is 18.2 Å². The van der Waals surface area contributed by atoms with Gasteiger partial charge in [-0.05, 0) is 25.2 Å². The Morgan fingerprint density at radius 2 is 2.10 bits per heavy atom. The number of methoxy groups -OCH3 is 1.